The molecule has 0 saturated heterocycles. The van der Waals surface area contributed by atoms with Crippen molar-refractivity contribution in [2.75, 3.05) is 25.6 Å². The van der Waals surface area contributed by atoms with Crippen molar-refractivity contribution in [2.24, 2.45) is 0 Å². The van der Waals surface area contributed by atoms with Crippen LogP contribution in [-0.2, 0) is 4.74 Å². The molecule has 0 atom stereocenters. The Bertz CT molecular complexity index is 302. The van der Waals surface area contributed by atoms with Crippen LogP contribution >= 0.6 is 11.6 Å². The Kier molecular flexibility index (Phi) is 5.51. The van der Waals surface area contributed by atoms with Gasteiger partial charge in [0.25, 0.3) is 0 Å². The topological polar surface area (TPSA) is 21.3 Å². The number of methoxy groups -OCH3 is 1. The Balaban J connectivity index is 2.28. The van der Waals surface area contributed by atoms with Crippen LogP contribution in [0.4, 0.5) is 5.69 Å². The van der Waals surface area contributed by atoms with Gasteiger partial charge in [-0.15, -0.1) is 0 Å². The zero-order valence-electron chi connectivity index (χ0n) is 9.35. The van der Waals surface area contributed by atoms with Crippen LogP contribution < -0.4 is 5.32 Å². The number of benzene rings is 1. The minimum absolute atomic E-state index is 0.817. The summed E-state index contributed by atoms with van der Waals surface area (Å²) in [6, 6.07) is 6.05. The minimum Gasteiger partial charge on any atom is -0.385 e. The molecule has 0 aliphatic rings. The summed E-state index contributed by atoms with van der Waals surface area (Å²) in [6.45, 7) is 3.80. The van der Waals surface area contributed by atoms with Crippen molar-refractivity contribution in [3.8, 4) is 0 Å². The second kappa shape index (κ2) is 6.70. The van der Waals surface area contributed by atoms with Crippen molar-refractivity contribution in [3.05, 3.63) is 28.8 Å². The Morgan fingerprint density at radius 2 is 2.13 bits per heavy atom. The van der Waals surface area contributed by atoms with Gasteiger partial charge in [0.1, 0.15) is 0 Å². The predicted molar refractivity (Wildman–Crippen MR) is 65.8 cm³/mol. The Hall–Kier alpha value is -0.730. The van der Waals surface area contributed by atoms with Gasteiger partial charge >= 0.3 is 0 Å². The molecule has 0 unspecified atom stereocenters. The van der Waals surface area contributed by atoms with E-state index >= 15 is 0 Å². The minimum atomic E-state index is 0.817. The summed E-state index contributed by atoms with van der Waals surface area (Å²) in [5, 5.41) is 4.15. The molecule has 0 aromatic heterocycles. The highest BCUT2D eigenvalue weighted by atomic mass is 35.5. The first-order chi connectivity index (χ1) is 7.24. The van der Waals surface area contributed by atoms with Crippen LogP contribution in [0, 0.1) is 6.92 Å². The Labute approximate surface area is 96.6 Å². The summed E-state index contributed by atoms with van der Waals surface area (Å²) in [5.41, 5.74) is 2.20. The first kappa shape index (κ1) is 12.3. The molecule has 15 heavy (non-hydrogen) atoms. The molecule has 0 amide bonds. The number of aryl methyl sites for hydroxylation is 1. The Morgan fingerprint density at radius 3 is 2.80 bits per heavy atom. The van der Waals surface area contributed by atoms with Crippen molar-refractivity contribution in [1.82, 2.24) is 0 Å². The highest BCUT2D eigenvalue weighted by Gasteiger charge is 1.96. The molecular weight excluding hydrogens is 210 g/mol. The van der Waals surface area contributed by atoms with Crippen LogP contribution in [-0.4, -0.2) is 20.3 Å². The van der Waals surface area contributed by atoms with Gasteiger partial charge in [0.2, 0.25) is 0 Å². The fourth-order valence-corrected chi connectivity index (χ4v) is 1.49. The lowest BCUT2D eigenvalue weighted by atomic mass is 10.2. The standard InChI is InChI=1S/C12H18ClNO/c1-10-5-6-11(9-12(10)13)14-7-3-4-8-15-2/h5-6,9,14H,3-4,7-8H2,1-2H3. The molecule has 0 aliphatic heterocycles. The van der Waals surface area contributed by atoms with Gasteiger partial charge in [0.05, 0.1) is 0 Å². The summed E-state index contributed by atoms with van der Waals surface area (Å²) in [6.07, 6.45) is 2.20. The lowest BCUT2D eigenvalue weighted by Crippen LogP contribution is -2.02. The number of hydrogen-bond acceptors (Lipinski definition) is 2. The fraction of sp³-hybridized carbons (Fsp3) is 0.500. The highest BCUT2D eigenvalue weighted by molar-refractivity contribution is 6.31. The number of ether oxygens (including phenoxy) is 1. The van der Waals surface area contributed by atoms with Crippen LogP contribution in [0.3, 0.4) is 0 Å². The zero-order chi connectivity index (χ0) is 11.1. The third-order valence-corrected chi connectivity index (χ3v) is 2.68. The van der Waals surface area contributed by atoms with Gasteiger partial charge in [-0.3, -0.25) is 0 Å². The maximum absolute atomic E-state index is 6.02. The van der Waals surface area contributed by atoms with E-state index in [9.17, 15) is 0 Å². The average Bonchev–Trinajstić information content (AvgIpc) is 2.23. The quantitative estimate of drug-likeness (QED) is 0.752. The van der Waals surface area contributed by atoms with Crippen LogP contribution in [0.2, 0.25) is 5.02 Å². The second-order valence-electron chi connectivity index (χ2n) is 3.59. The summed E-state index contributed by atoms with van der Waals surface area (Å²) >= 11 is 6.02. The molecule has 2 nitrogen and oxygen atoms in total. The molecule has 0 heterocycles. The highest BCUT2D eigenvalue weighted by Crippen LogP contribution is 2.19. The molecule has 84 valence electrons. The smallest absolute Gasteiger partial charge is 0.0462 e. The number of nitrogens with one attached hydrogen (secondary N) is 1. The number of unbranched alkanes of at least 4 members (excludes halogenated alkanes) is 1. The molecule has 0 spiro atoms. The van der Waals surface area contributed by atoms with Crippen LogP contribution in [0.25, 0.3) is 0 Å². The summed E-state index contributed by atoms with van der Waals surface area (Å²) in [5.74, 6) is 0. The van der Waals surface area contributed by atoms with Gasteiger partial charge in [-0.25, -0.2) is 0 Å². The number of anilines is 1. The van der Waals surface area contributed by atoms with E-state index in [1.165, 1.54) is 0 Å². The first-order valence-electron chi connectivity index (χ1n) is 5.23. The van der Waals surface area contributed by atoms with Gasteiger partial charge in [-0.2, -0.15) is 0 Å². The van der Waals surface area contributed by atoms with Gasteiger partial charge in [0.15, 0.2) is 0 Å². The predicted octanol–water partition coefficient (Wildman–Crippen LogP) is 3.49. The molecular formula is C12H18ClNO. The zero-order valence-corrected chi connectivity index (χ0v) is 10.1. The maximum Gasteiger partial charge on any atom is 0.0462 e. The number of halogens is 1. The lowest BCUT2D eigenvalue weighted by Gasteiger charge is -2.07. The summed E-state index contributed by atoms with van der Waals surface area (Å²) < 4.78 is 4.98. The van der Waals surface area contributed by atoms with E-state index in [4.69, 9.17) is 16.3 Å². The van der Waals surface area contributed by atoms with Crippen LogP contribution in [0.1, 0.15) is 18.4 Å². The largest absolute Gasteiger partial charge is 0.385 e. The number of rotatable bonds is 6. The second-order valence-corrected chi connectivity index (χ2v) is 4.00. The van der Waals surface area contributed by atoms with E-state index in [1.807, 2.05) is 19.1 Å². The van der Waals surface area contributed by atoms with E-state index < -0.39 is 0 Å². The molecule has 1 aromatic rings. The van der Waals surface area contributed by atoms with E-state index in [2.05, 4.69) is 11.4 Å². The van der Waals surface area contributed by atoms with Gasteiger partial charge < -0.3 is 10.1 Å². The lowest BCUT2D eigenvalue weighted by molar-refractivity contribution is 0.194. The van der Waals surface area contributed by atoms with E-state index in [0.29, 0.717) is 0 Å². The van der Waals surface area contributed by atoms with Crippen molar-refractivity contribution in [3.63, 3.8) is 0 Å². The van der Waals surface area contributed by atoms with Crippen molar-refractivity contribution >= 4 is 17.3 Å². The van der Waals surface area contributed by atoms with Crippen LogP contribution in [0.5, 0.6) is 0 Å². The van der Waals surface area contributed by atoms with Crippen molar-refractivity contribution in [1.29, 1.82) is 0 Å². The van der Waals surface area contributed by atoms with Gasteiger partial charge in [-0.05, 0) is 37.5 Å². The molecule has 0 fully saturated rings. The van der Waals surface area contributed by atoms with E-state index in [-0.39, 0.29) is 0 Å². The molecule has 0 radical (unpaired) electrons. The molecule has 1 N–H and O–H groups in total. The average molecular weight is 228 g/mol. The normalized spacial score (nSPS) is 10.3. The molecule has 0 aliphatic carbocycles. The molecule has 0 saturated carbocycles. The van der Waals surface area contributed by atoms with E-state index in [0.717, 1.165) is 42.3 Å². The molecule has 1 aromatic carbocycles. The number of hydrogen-bond donors (Lipinski definition) is 1. The first-order valence-corrected chi connectivity index (χ1v) is 5.61. The monoisotopic (exact) mass is 227 g/mol. The summed E-state index contributed by atoms with van der Waals surface area (Å²) in [4.78, 5) is 0. The Morgan fingerprint density at radius 1 is 1.33 bits per heavy atom. The maximum atomic E-state index is 6.02. The van der Waals surface area contributed by atoms with Crippen LogP contribution in [0.15, 0.2) is 18.2 Å². The third-order valence-electron chi connectivity index (χ3n) is 2.28. The van der Waals surface area contributed by atoms with Crippen molar-refractivity contribution in [2.45, 2.75) is 19.8 Å². The third kappa shape index (κ3) is 4.54. The fourth-order valence-electron chi connectivity index (χ4n) is 1.31. The summed E-state index contributed by atoms with van der Waals surface area (Å²) in [7, 11) is 1.73. The molecule has 0 bridgehead atoms. The van der Waals surface area contributed by atoms with Crippen molar-refractivity contribution < 1.29 is 4.74 Å². The molecule has 1 rings (SSSR count). The van der Waals surface area contributed by atoms with Gasteiger partial charge in [0, 0.05) is 31.0 Å². The molecule has 3 heteroatoms. The van der Waals surface area contributed by atoms with Gasteiger partial charge in [-0.1, -0.05) is 17.7 Å². The SMILES string of the molecule is COCCCCNc1ccc(C)c(Cl)c1. The van der Waals surface area contributed by atoms with E-state index in [1.54, 1.807) is 7.11 Å².